The van der Waals surface area contributed by atoms with Gasteiger partial charge in [-0.1, -0.05) is 115 Å². The number of aromatic hydroxyl groups is 1. The minimum atomic E-state index is -2.13. The van der Waals surface area contributed by atoms with E-state index in [9.17, 15) is 15.2 Å². The fraction of sp³-hybridized carbons (Fsp3) is 0.238. The average Bonchev–Trinajstić information content (AvgIpc) is 2.24. The minimum absolute atomic E-state index is 0.0665. The molecule has 4 aliphatic heterocycles. The highest BCUT2D eigenvalue weighted by Gasteiger charge is 2.76. The number of carbonyl (C=O) groups is 4. The van der Waals surface area contributed by atoms with Crippen LogP contribution in [0.1, 0.15) is 68.3 Å². The van der Waals surface area contributed by atoms with E-state index >= 15 is 19.2 Å². The lowest BCUT2D eigenvalue weighted by Gasteiger charge is -2.46. The van der Waals surface area contributed by atoms with Crippen LogP contribution in [-0.2, 0) is 55.4 Å². The monoisotopic (exact) mass is 1060 g/mol. The fourth-order valence-corrected chi connectivity index (χ4v) is 12.0. The molecule has 2 fully saturated rings. The van der Waals surface area contributed by atoms with E-state index in [2.05, 4.69) is 16.7 Å². The maximum atomic E-state index is 16.9. The third-order valence-corrected chi connectivity index (χ3v) is 15.5. The number of amides is 3. The molecule has 6 atom stereocenters. The molecule has 7 aromatic carbocycles. The quantitative estimate of drug-likeness (QED) is 0.0530. The van der Waals surface area contributed by atoms with Crippen LogP contribution in [0.25, 0.3) is 0 Å². The lowest BCUT2D eigenvalue weighted by molar-refractivity contribution is -0.384. The SMILES string of the molecule is COc1cc2c(cc1OC)CN(C(=O)[C@@H]1[C@H]3C(=O)O[C@H](c4ccccc4)[C@H](c4ccccc4)N3[C@H](c3ccc(O)cc3)[C@@]13C(=O)N(C(=O)OCc1ccc([N+](=O)[O-])cc1)c1ccc(C#CCN(C)Cc4ccccc4)cc13)CC2. The second-order valence-electron chi connectivity index (χ2n) is 20.2. The van der Waals surface area contributed by atoms with E-state index in [1.807, 2.05) is 115 Å². The molecule has 1 N–H and O–H groups in total. The van der Waals surface area contributed by atoms with Crippen molar-refractivity contribution in [2.45, 2.75) is 55.8 Å². The lowest BCUT2D eigenvalue weighted by atomic mass is 9.64. The predicted octanol–water partition coefficient (Wildman–Crippen LogP) is 9.39. The first kappa shape index (κ1) is 51.8. The number of carbonyl (C=O) groups excluding carboxylic acids is 4. The summed E-state index contributed by atoms with van der Waals surface area (Å²) in [7, 11) is 5.05. The van der Waals surface area contributed by atoms with Crippen LogP contribution in [0.3, 0.4) is 0 Å². The number of morpholine rings is 1. The van der Waals surface area contributed by atoms with Gasteiger partial charge >= 0.3 is 12.1 Å². The molecule has 0 radical (unpaired) electrons. The van der Waals surface area contributed by atoms with Gasteiger partial charge in [-0.05, 0) is 113 Å². The summed E-state index contributed by atoms with van der Waals surface area (Å²) in [5.41, 5.74) is 3.62. The topological polar surface area (TPSA) is 182 Å². The van der Waals surface area contributed by atoms with E-state index in [0.717, 1.165) is 27.2 Å². The zero-order valence-corrected chi connectivity index (χ0v) is 43.6. The van der Waals surface area contributed by atoms with Crippen molar-refractivity contribution < 1.29 is 48.2 Å². The molecule has 11 rings (SSSR count). The van der Waals surface area contributed by atoms with Gasteiger partial charge in [0.05, 0.1) is 49.4 Å². The molecule has 2 saturated heterocycles. The van der Waals surface area contributed by atoms with Gasteiger partial charge in [0, 0.05) is 37.3 Å². The van der Waals surface area contributed by atoms with Crippen LogP contribution in [-0.4, -0.2) is 89.0 Å². The van der Waals surface area contributed by atoms with E-state index in [-0.39, 0.29) is 42.4 Å². The van der Waals surface area contributed by atoms with Crippen LogP contribution in [0.5, 0.6) is 17.2 Å². The lowest BCUT2D eigenvalue weighted by Crippen LogP contribution is -2.57. The van der Waals surface area contributed by atoms with Gasteiger partial charge in [-0.3, -0.25) is 34.3 Å². The van der Waals surface area contributed by atoms with Crippen LogP contribution in [0, 0.1) is 27.9 Å². The molecule has 3 amide bonds. The van der Waals surface area contributed by atoms with Gasteiger partial charge < -0.3 is 29.0 Å². The third kappa shape index (κ3) is 9.46. The Labute approximate surface area is 456 Å². The first-order chi connectivity index (χ1) is 38.4. The van der Waals surface area contributed by atoms with Gasteiger partial charge in [-0.15, -0.1) is 0 Å². The molecular formula is C63H55N5O11. The third-order valence-electron chi connectivity index (χ3n) is 15.5. The molecule has 79 heavy (non-hydrogen) atoms. The number of nitrogens with zero attached hydrogens (tertiary/aromatic N) is 5. The Kier molecular flexibility index (Phi) is 14.2. The molecule has 16 heteroatoms. The van der Waals surface area contributed by atoms with Crippen molar-refractivity contribution in [3.05, 3.63) is 230 Å². The maximum Gasteiger partial charge on any atom is 0.421 e. The Balaban J connectivity index is 1.13. The Morgan fingerprint density at radius 3 is 2.08 bits per heavy atom. The van der Waals surface area contributed by atoms with Crippen LogP contribution in [0.2, 0.25) is 0 Å². The Morgan fingerprint density at radius 1 is 0.772 bits per heavy atom. The number of phenolic OH excluding ortho intramolecular Hbond substituents is 1. The molecule has 1 spiro atoms. The number of hydrogen-bond acceptors (Lipinski definition) is 13. The number of ether oxygens (including phenoxy) is 4. The summed E-state index contributed by atoms with van der Waals surface area (Å²) < 4.78 is 24.0. The zero-order chi connectivity index (χ0) is 55.0. The second kappa shape index (κ2) is 21.6. The van der Waals surface area contributed by atoms with Gasteiger partial charge in [-0.25, -0.2) is 9.69 Å². The number of anilines is 1. The molecule has 398 valence electrons. The highest BCUT2D eigenvalue weighted by Crippen LogP contribution is 2.66. The Hall–Kier alpha value is -9.30. The molecular weight excluding hydrogens is 1000 g/mol. The molecule has 0 aromatic heterocycles. The number of rotatable bonds is 12. The maximum absolute atomic E-state index is 16.9. The van der Waals surface area contributed by atoms with E-state index < -0.39 is 64.4 Å². The number of imide groups is 1. The molecule has 4 heterocycles. The summed E-state index contributed by atoms with van der Waals surface area (Å²) in [6, 6.07) is 45.9. The van der Waals surface area contributed by atoms with Gasteiger partial charge in [0.15, 0.2) is 11.5 Å². The smallest absolute Gasteiger partial charge is 0.421 e. The van der Waals surface area contributed by atoms with Crippen LogP contribution in [0.15, 0.2) is 170 Å². The van der Waals surface area contributed by atoms with Gasteiger partial charge in [0.2, 0.25) is 11.8 Å². The van der Waals surface area contributed by atoms with Crippen LogP contribution in [0.4, 0.5) is 16.2 Å². The number of cyclic esters (lactones) is 1. The first-order valence-corrected chi connectivity index (χ1v) is 25.9. The van der Waals surface area contributed by atoms with Crippen molar-refractivity contribution >= 4 is 35.3 Å². The summed E-state index contributed by atoms with van der Waals surface area (Å²) in [6.07, 6.45) is -1.65. The van der Waals surface area contributed by atoms with Crippen molar-refractivity contribution in [3.8, 4) is 29.1 Å². The number of benzene rings is 7. The van der Waals surface area contributed by atoms with Crippen LogP contribution < -0.4 is 14.4 Å². The molecule has 0 saturated carbocycles. The van der Waals surface area contributed by atoms with E-state index in [0.29, 0.717) is 53.3 Å². The summed E-state index contributed by atoms with van der Waals surface area (Å²) in [4.78, 5) is 81.9. The number of non-ortho nitro benzene ring substituents is 1. The number of esters is 1. The summed E-state index contributed by atoms with van der Waals surface area (Å²) in [5, 5.41) is 22.4. The number of hydrogen-bond donors (Lipinski definition) is 1. The summed E-state index contributed by atoms with van der Waals surface area (Å²) >= 11 is 0. The summed E-state index contributed by atoms with van der Waals surface area (Å²) in [5.74, 6) is 3.81. The molecule has 0 unspecified atom stereocenters. The van der Waals surface area contributed by atoms with Crippen LogP contribution >= 0.6 is 0 Å². The highest BCUT2D eigenvalue weighted by molar-refractivity contribution is 6.23. The molecule has 4 aliphatic rings. The largest absolute Gasteiger partial charge is 0.508 e. The minimum Gasteiger partial charge on any atom is -0.508 e. The molecule has 0 bridgehead atoms. The summed E-state index contributed by atoms with van der Waals surface area (Å²) in [6.45, 7) is 0.893. The fourth-order valence-electron chi connectivity index (χ4n) is 12.0. The van der Waals surface area contributed by atoms with Crippen molar-refractivity contribution in [2.75, 3.05) is 39.3 Å². The van der Waals surface area contributed by atoms with E-state index in [1.54, 1.807) is 42.3 Å². The van der Waals surface area contributed by atoms with Gasteiger partial charge in [-0.2, -0.15) is 0 Å². The predicted molar refractivity (Wildman–Crippen MR) is 292 cm³/mol. The second-order valence-corrected chi connectivity index (χ2v) is 20.2. The Bertz CT molecular complexity index is 3540. The highest BCUT2D eigenvalue weighted by atomic mass is 16.6. The van der Waals surface area contributed by atoms with Crippen molar-refractivity contribution in [1.29, 1.82) is 0 Å². The zero-order valence-electron chi connectivity index (χ0n) is 43.6. The number of fused-ring (bicyclic) bond motifs is 4. The number of methoxy groups -OCH3 is 2. The van der Waals surface area contributed by atoms with E-state index in [4.69, 9.17) is 18.9 Å². The number of nitro benzene ring substituents is 1. The van der Waals surface area contributed by atoms with Gasteiger partial charge in [0.25, 0.3) is 5.69 Å². The molecule has 0 aliphatic carbocycles. The molecule has 7 aromatic rings. The van der Waals surface area contributed by atoms with Crippen molar-refractivity contribution in [2.24, 2.45) is 5.92 Å². The van der Waals surface area contributed by atoms with Gasteiger partial charge in [0.1, 0.15) is 29.9 Å². The molecule has 16 nitrogen and oxygen atoms in total. The first-order valence-electron chi connectivity index (χ1n) is 25.9. The standard InChI is InChI=1S/C63H55N5O11/c1-64(37-41-14-7-4-8-15-41)32-13-16-40-23-30-51-50(34-40)63(61(72)66(51)62(73)78-39-42-21-26-48(27-22-42)68(74)75)54(59(70)65-33-31-46-35-52(76-2)53(77-3)36-47(46)38-65)56-60(71)79-57(44-19-11-6-12-20-44)55(43-17-9-5-10-18-43)67(56)58(63)45-24-28-49(69)29-25-45/h4-12,14-15,17-30,34-36,54-58,69H,31-33,37-39H2,1-3H3/t54-,55-,56-,57+,58+,63-/m0/s1. The Morgan fingerprint density at radius 2 is 1.42 bits per heavy atom. The number of nitro groups is 1. The van der Waals surface area contributed by atoms with E-state index in [1.165, 1.54) is 43.5 Å². The normalized spacial score (nSPS) is 21.1. The number of phenols is 1. The van der Waals surface area contributed by atoms with Crippen molar-refractivity contribution in [1.82, 2.24) is 14.7 Å². The average molecular weight is 1060 g/mol. The van der Waals surface area contributed by atoms with Crippen molar-refractivity contribution in [3.63, 3.8) is 0 Å².